The summed E-state index contributed by atoms with van der Waals surface area (Å²) in [5.74, 6) is -1.55. The summed E-state index contributed by atoms with van der Waals surface area (Å²) in [6.45, 7) is 1.10. The van der Waals surface area contributed by atoms with Crippen LogP contribution in [-0.4, -0.2) is 46.3 Å². The zero-order valence-corrected chi connectivity index (χ0v) is 16.0. The molecule has 4 rings (SSSR count). The van der Waals surface area contributed by atoms with Crippen LogP contribution in [0.15, 0.2) is 30.3 Å². The number of carbonyl (C=O) groups is 3. The van der Waals surface area contributed by atoms with Crippen molar-refractivity contribution < 1.29 is 24.2 Å². The highest BCUT2D eigenvalue weighted by atomic mass is 32.1. The Kier molecular flexibility index (Phi) is 5.28. The summed E-state index contributed by atoms with van der Waals surface area (Å²) in [5.41, 5.74) is 0.697. The Morgan fingerprint density at radius 1 is 1.17 bits per heavy atom. The molecule has 0 atom stereocenters. The number of thiophene rings is 1. The first-order valence-electron chi connectivity index (χ1n) is 9.03. The van der Waals surface area contributed by atoms with Crippen molar-refractivity contribution >= 4 is 50.8 Å². The maximum Gasteiger partial charge on any atom is 0.345 e. The second-order valence-electron chi connectivity index (χ2n) is 6.61. The molecule has 0 saturated carbocycles. The highest BCUT2D eigenvalue weighted by Gasteiger charge is 2.23. The normalized spacial score (nSPS) is 14.6. The number of amides is 2. The molecule has 1 fully saturated rings. The van der Waals surface area contributed by atoms with Crippen molar-refractivity contribution in [1.82, 2.24) is 10.2 Å². The van der Waals surface area contributed by atoms with E-state index >= 15 is 0 Å². The quantitative estimate of drug-likeness (QED) is 0.507. The lowest BCUT2D eigenvalue weighted by atomic mass is 9.99. The van der Waals surface area contributed by atoms with Gasteiger partial charge in [-0.15, -0.1) is 11.3 Å². The third kappa shape index (κ3) is 3.98. The van der Waals surface area contributed by atoms with Gasteiger partial charge in [0.1, 0.15) is 9.71 Å². The lowest BCUT2D eigenvalue weighted by Gasteiger charge is -2.21. The van der Waals surface area contributed by atoms with Gasteiger partial charge in [0.2, 0.25) is 5.91 Å². The minimum Gasteiger partial charge on any atom is -0.477 e. The number of carboxylic acid groups (broad SMARTS) is 1. The summed E-state index contributed by atoms with van der Waals surface area (Å²) in [6.07, 6.45) is 1.30. The average molecular weight is 414 g/mol. The molecule has 29 heavy (non-hydrogen) atoms. The van der Waals surface area contributed by atoms with Crippen molar-refractivity contribution in [3.05, 3.63) is 40.8 Å². The monoisotopic (exact) mass is 414 g/mol. The van der Waals surface area contributed by atoms with Crippen molar-refractivity contribution in [1.29, 1.82) is 0 Å². The molecule has 10 heteroatoms. The average Bonchev–Trinajstić information content (AvgIpc) is 3.31. The predicted molar refractivity (Wildman–Crippen MR) is 107 cm³/mol. The number of hydrogen-bond acceptors (Lipinski definition) is 6. The van der Waals surface area contributed by atoms with E-state index in [4.69, 9.17) is 9.84 Å². The molecular weight excluding hydrogens is 396 g/mol. The number of carbonyl (C=O) groups excluding carboxylic acids is 2. The van der Waals surface area contributed by atoms with E-state index in [0.29, 0.717) is 42.0 Å². The fraction of sp³-hybridized carbons (Fsp3) is 0.263. The molecule has 3 heterocycles. The van der Waals surface area contributed by atoms with Gasteiger partial charge in [-0.25, -0.2) is 4.79 Å². The van der Waals surface area contributed by atoms with Crippen LogP contribution in [-0.2, 0) is 9.53 Å². The van der Waals surface area contributed by atoms with Gasteiger partial charge in [-0.1, -0.05) is 12.1 Å². The first-order valence-corrected chi connectivity index (χ1v) is 9.85. The number of H-pyrrole nitrogens is 1. The van der Waals surface area contributed by atoms with E-state index in [1.165, 1.54) is 6.07 Å². The fourth-order valence-corrected chi connectivity index (χ4v) is 4.02. The second-order valence-corrected chi connectivity index (χ2v) is 7.66. The first-order chi connectivity index (χ1) is 14.0. The molecule has 9 nitrogen and oxygen atoms in total. The summed E-state index contributed by atoms with van der Waals surface area (Å²) in [6, 6.07) is 8.17. The topological polar surface area (TPSA) is 133 Å². The molecule has 2 aromatic heterocycles. The number of aromatic carboxylic acids is 1. The van der Waals surface area contributed by atoms with E-state index in [2.05, 4.69) is 20.8 Å². The maximum atomic E-state index is 12.8. The molecule has 3 aromatic rings. The predicted octanol–water partition coefficient (Wildman–Crippen LogP) is 2.94. The van der Waals surface area contributed by atoms with Gasteiger partial charge in [0.05, 0.1) is 16.6 Å². The Morgan fingerprint density at radius 3 is 2.69 bits per heavy atom. The number of fused-ring (bicyclic) bond motifs is 1. The summed E-state index contributed by atoms with van der Waals surface area (Å²) in [4.78, 5) is 37.2. The van der Waals surface area contributed by atoms with Crippen LogP contribution in [0, 0.1) is 5.92 Å². The Labute approximate surface area is 169 Å². The van der Waals surface area contributed by atoms with Crippen molar-refractivity contribution in [3.63, 3.8) is 0 Å². The van der Waals surface area contributed by atoms with Gasteiger partial charge >= 0.3 is 5.97 Å². The van der Waals surface area contributed by atoms with Crippen molar-refractivity contribution in [2.24, 2.45) is 5.92 Å². The molecule has 1 aromatic carbocycles. The van der Waals surface area contributed by atoms with Gasteiger partial charge in [0.15, 0.2) is 5.82 Å². The van der Waals surface area contributed by atoms with Crippen LogP contribution in [0.1, 0.15) is 32.9 Å². The van der Waals surface area contributed by atoms with Crippen molar-refractivity contribution in [3.8, 4) is 0 Å². The Morgan fingerprint density at radius 2 is 1.93 bits per heavy atom. The largest absolute Gasteiger partial charge is 0.477 e. The zero-order chi connectivity index (χ0) is 20.4. The summed E-state index contributed by atoms with van der Waals surface area (Å²) in [5, 5.41) is 21.9. The summed E-state index contributed by atoms with van der Waals surface area (Å²) < 4.78 is 5.28. The van der Waals surface area contributed by atoms with Crippen LogP contribution in [0.3, 0.4) is 0 Å². The highest BCUT2D eigenvalue weighted by molar-refractivity contribution is 7.20. The van der Waals surface area contributed by atoms with E-state index in [9.17, 15) is 14.4 Å². The van der Waals surface area contributed by atoms with Gasteiger partial charge in [-0.2, -0.15) is 5.10 Å². The van der Waals surface area contributed by atoms with Crippen LogP contribution in [0.25, 0.3) is 10.2 Å². The minimum absolute atomic E-state index is 0.139. The summed E-state index contributed by atoms with van der Waals surface area (Å²) in [7, 11) is 0. The number of nitrogens with zero attached hydrogens (tertiary/aromatic N) is 1. The first kappa shape index (κ1) is 19.1. The van der Waals surface area contributed by atoms with Crippen molar-refractivity contribution in [2.45, 2.75) is 12.8 Å². The van der Waals surface area contributed by atoms with Crippen LogP contribution in [0.5, 0.6) is 0 Å². The fourth-order valence-electron chi connectivity index (χ4n) is 3.18. The molecule has 0 unspecified atom stereocenters. The zero-order valence-electron chi connectivity index (χ0n) is 15.2. The second kappa shape index (κ2) is 8.02. The molecule has 0 aliphatic carbocycles. The van der Waals surface area contributed by atoms with Crippen molar-refractivity contribution in [2.75, 3.05) is 23.8 Å². The van der Waals surface area contributed by atoms with Gasteiger partial charge in [-0.3, -0.25) is 14.7 Å². The number of aromatic amines is 1. The number of para-hydroxylation sites is 1. The number of carboxylic acids is 1. The van der Waals surface area contributed by atoms with Crippen LogP contribution in [0.4, 0.5) is 11.5 Å². The van der Waals surface area contributed by atoms with E-state index in [1.807, 2.05) is 0 Å². The Balaban J connectivity index is 1.53. The summed E-state index contributed by atoms with van der Waals surface area (Å²) >= 11 is 1.04. The number of ether oxygens (including phenoxy) is 1. The third-order valence-corrected chi connectivity index (χ3v) is 5.75. The third-order valence-electron chi connectivity index (χ3n) is 4.72. The molecule has 150 valence electrons. The molecule has 1 saturated heterocycles. The van der Waals surface area contributed by atoms with E-state index in [0.717, 1.165) is 11.3 Å². The lowest BCUT2D eigenvalue weighted by Crippen LogP contribution is -2.29. The molecule has 4 N–H and O–H groups in total. The number of nitrogens with one attached hydrogen (secondary N) is 3. The number of anilines is 2. The smallest absolute Gasteiger partial charge is 0.345 e. The number of rotatable bonds is 5. The molecule has 0 radical (unpaired) electrons. The minimum atomic E-state index is -1.04. The SMILES string of the molecule is O=C(O)c1cc2c(NC(=O)c3ccccc3NC(=O)C3CCOCC3)n[nH]c2s1. The molecule has 1 aliphatic heterocycles. The van der Waals surface area contributed by atoms with Gasteiger partial charge < -0.3 is 20.5 Å². The van der Waals surface area contributed by atoms with Crippen LogP contribution >= 0.6 is 11.3 Å². The molecule has 1 aliphatic rings. The Bertz CT molecular complexity index is 1080. The number of hydrogen-bond donors (Lipinski definition) is 4. The maximum absolute atomic E-state index is 12.8. The number of benzene rings is 1. The van der Waals surface area contributed by atoms with Crippen LogP contribution < -0.4 is 10.6 Å². The molecule has 0 bridgehead atoms. The Hall–Kier alpha value is -3.24. The lowest BCUT2D eigenvalue weighted by molar-refractivity contribution is -0.122. The van der Waals surface area contributed by atoms with E-state index in [-0.39, 0.29) is 28.1 Å². The van der Waals surface area contributed by atoms with Gasteiger partial charge in [0, 0.05) is 19.1 Å². The van der Waals surface area contributed by atoms with Crippen LogP contribution in [0.2, 0.25) is 0 Å². The number of aromatic nitrogens is 2. The van der Waals surface area contributed by atoms with E-state index in [1.54, 1.807) is 24.3 Å². The van der Waals surface area contributed by atoms with E-state index < -0.39 is 11.9 Å². The van der Waals surface area contributed by atoms with Gasteiger partial charge in [0.25, 0.3) is 5.91 Å². The molecule has 2 amide bonds. The standard InChI is InChI=1S/C19H18N4O5S/c24-16(10-5-7-28-8-6-10)20-13-4-2-1-3-11(13)17(25)21-15-12-9-14(19(26)27)29-18(12)23-22-15/h1-4,9-10H,5-8H2,(H,20,24)(H,26,27)(H2,21,22,23,25). The molecule has 0 spiro atoms. The highest BCUT2D eigenvalue weighted by Crippen LogP contribution is 2.30. The molecular formula is C19H18N4O5S. The van der Waals surface area contributed by atoms with Gasteiger partial charge in [-0.05, 0) is 31.0 Å².